The molecule has 28 heavy (non-hydrogen) atoms. The van der Waals surface area contributed by atoms with Gasteiger partial charge in [-0.2, -0.15) is 0 Å². The van der Waals surface area contributed by atoms with E-state index in [-0.39, 0.29) is 11.8 Å². The highest BCUT2D eigenvalue weighted by Crippen LogP contribution is 2.23. The van der Waals surface area contributed by atoms with Gasteiger partial charge in [0.2, 0.25) is 5.91 Å². The van der Waals surface area contributed by atoms with E-state index in [1.54, 1.807) is 12.3 Å². The van der Waals surface area contributed by atoms with Crippen LogP contribution in [-0.4, -0.2) is 35.8 Å². The number of aryl methyl sites for hydroxylation is 1. The molecule has 1 aromatic heterocycles. The first-order valence-electron chi connectivity index (χ1n) is 10.4. The van der Waals surface area contributed by atoms with Gasteiger partial charge in [0.25, 0.3) is 5.91 Å². The summed E-state index contributed by atoms with van der Waals surface area (Å²) >= 11 is 0. The Labute approximate surface area is 166 Å². The van der Waals surface area contributed by atoms with Gasteiger partial charge in [0.15, 0.2) is 0 Å². The first-order chi connectivity index (χ1) is 13.7. The molecule has 0 atom stereocenters. The summed E-state index contributed by atoms with van der Waals surface area (Å²) in [7, 11) is 0. The minimum atomic E-state index is 0.0716. The lowest BCUT2D eigenvalue weighted by molar-refractivity contribution is -0.121. The molecule has 1 aliphatic carbocycles. The molecular weight excluding hydrogens is 352 g/mol. The molecule has 5 nitrogen and oxygen atoms in total. The summed E-state index contributed by atoms with van der Waals surface area (Å²) in [6, 6.07) is 10.9. The summed E-state index contributed by atoms with van der Waals surface area (Å²) in [4.78, 5) is 26.1. The molecule has 2 fully saturated rings. The molecular formula is C23H28N2O3. The molecule has 2 aromatic rings. The van der Waals surface area contributed by atoms with Crippen molar-refractivity contribution in [1.82, 2.24) is 10.2 Å². The highest BCUT2D eigenvalue weighted by molar-refractivity contribution is 5.93. The number of rotatable bonds is 7. The van der Waals surface area contributed by atoms with Crippen LogP contribution in [0, 0.1) is 5.92 Å². The number of hydrogen-bond donors (Lipinski definition) is 1. The zero-order valence-corrected chi connectivity index (χ0v) is 16.2. The van der Waals surface area contributed by atoms with Crippen LogP contribution >= 0.6 is 0 Å². The molecule has 5 heteroatoms. The number of likely N-dealkylation sites (tertiary alicyclic amines) is 1. The summed E-state index contributed by atoms with van der Waals surface area (Å²) in [5.41, 5.74) is 3.20. The summed E-state index contributed by atoms with van der Waals surface area (Å²) in [5.74, 6) is 0.856. The molecule has 0 radical (unpaired) electrons. The normalized spacial score (nSPS) is 17.5. The zero-order chi connectivity index (χ0) is 19.3. The highest BCUT2D eigenvalue weighted by Gasteiger charge is 2.24. The monoisotopic (exact) mass is 380 g/mol. The average molecular weight is 380 g/mol. The number of nitrogens with one attached hydrogen (secondary N) is 1. The van der Waals surface area contributed by atoms with Gasteiger partial charge in [0, 0.05) is 25.6 Å². The molecule has 1 saturated carbocycles. The molecule has 1 saturated heterocycles. The SMILES string of the molecule is O=C(CCc1ccc(CC2CCN(C(=O)c3ccoc3)CC2)cc1)NC1CC1. The molecule has 0 bridgehead atoms. The molecule has 1 aliphatic heterocycles. The predicted octanol–water partition coefficient (Wildman–Crippen LogP) is 3.59. The fourth-order valence-electron chi connectivity index (χ4n) is 3.87. The Morgan fingerprint density at radius 2 is 1.71 bits per heavy atom. The number of carbonyl (C=O) groups is 2. The van der Waals surface area contributed by atoms with Gasteiger partial charge >= 0.3 is 0 Å². The summed E-state index contributed by atoms with van der Waals surface area (Å²) in [6.07, 6.45) is 9.82. The maximum atomic E-state index is 12.4. The Morgan fingerprint density at radius 1 is 1.00 bits per heavy atom. The van der Waals surface area contributed by atoms with Crippen LogP contribution in [0.5, 0.6) is 0 Å². The summed E-state index contributed by atoms with van der Waals surface area (Å²) in [6.45, 7) is 1.62. The van der Waals surface area contributed by atoms with Gasteiger partial charge in [-0.25, -0.2) is 0 Å². The first kappa shape index (κ1) is 18.8. The molecule has 0 unspecified atom stereocenters. The van der Waals surface area contributed by atoms with Crippen molar-refractivity contribution in [2.75, 3.05) is 13.1 Å². The topological polar surface area (TPSA) is 62.6 Å². The van der Waals surface area contributed by atoms with Gasteiger partial charge in [-0.1, -0.05) is 24.3 Å². The maximum absolute atomic E-state index is 12.4. The largest absolute Gasteiger partial charge is 0.472 e. The molecule has 148 valence electrons. The van der Waals surface area contributed by atoms with E-state index < -0.39 is 0 Å². The maximum Gasteiger partial charge on any atom is 0.257 e. The van der Waals surface area contributed by atoms with Crippen molar-refractivity contribution >= 4 is 11.8 Å². The standard InChI is InChI=1S/C23H28N2O3/c26-22(24-21-6-7-21)8-5-17-1-3-18(4-2-17)15-19-9-12-25(13-10-19)23(27)20-11-14-28-16-20/h1-4,11,14,16,19,21H,5-10,12-13,15H2,(H,24,26). The fraction of sp³-hybridized carbons (Fsp3) is 0.478. The molecule has 0 spiro atoms. The van der Waals surface area contributed by atoms with Crippen molar-refractivity contribution in [2.24, 2.45) is 5.92 Å². The highest BCUT2D eigenvalue weighted by atomic mass is 16.3. The molecule has 2 aliphatic rings. The van der Waals surface area contributed by atoms with Crippen LogP contribution in [-0.2, 0) is 17.6 Å². The smallest absolute Gasteiger partial charge is 0.257 e. The quantitative estimate of drug-likeness (QED) is 0.798. The van der Waals surface area contributed by atoms with E-state index in [1.807, 2.05) is 4.90 Å². The number of hydrogen-bond acceptors (Lipinski definition) is 3. The van der Waals surface area contributed by atoms with Gasteiger partial charge in [0.1, 0.15) is 6.26 Å². The number of nitrogens with zero attached hydrogens (tertiary/aromatic N) is 1. The predicted molar refractivity (Wildman–Crippen MR) is 107 cm³/mol. The van der Waals surface area contributed by atoms with Crippen LogP contribution in [0.3, 0.4) is 0 Å². The molecule has 4 rings (SSSR count). The van der Waals surface area contributed by atoms with Crippen molar-refractivity contribution in [3.8, 4) is 0 Å². The Hall–Kier alpha value is -2.56. The first-order valence-corrected chi connectivity index (χ1v) is 10.4. The van der Waals surface area contributed by atoms with Gasteiger partial charge < -0.3 is 14.6 Å². The van der Waals surface area contributed by atoms with Gasteiger partial charge in [0.05, 0.1) is 11.8 Å². The van der Waals surface area contributed by atoms with Crippen molar-refractivity contribution < 1.29 is 14.0 Å². The Bertz CT molecular complexity index is 786. The van der Waals surface area contributed by atoms with E-state index in [1.165, 1.54) is 17.4 Å². The van der Waals surface area contributed by atoms with Crippen LogP contribution in [0.4, 0.5) is 0 Å². The van der Waals surface area contributed by atoms with Crippen molar-refractivity contribution in [2.45, 2.75) is 51.0 Å². The van der Waals surface area contributed by atoms with Crippen molar-refractivity contribution in [3.63, 3.8) is 0 Å². The third-order valence-corrected chi connectivity index (χ3v) is 5.80. The van der Waals surface area contributed by atoms with E-state index >= 15 is 0 Å². The lowest BCUT2D eigenvalue weighted by atomic mass is 9.89. The molecule has 1 N–H and O–H groups in total. The third kappa shape index (κ3) is 5.03. The van der Waals surface area contributed by atoms with Crippen molar-refractivity contribution in [1.29, 1.82) is 0 Å². The molecule has 1 aromatic carbocycles. The number of furan rings is 1. The molecule has 2 amide bonds. The van der Waals surface area contributed by atoms with Gasteiger partial charge in [-0.3, -0.25) is 9.59 Å². The van der Waals surface area contributed by atoms with Crippen LogP contribution < -0.4 is 5.32 Å². The van der Waals surface area contributed by atoms with E-state index in [0.29, 0.717) is 23.9 Å². The second kappa shape index (κ2) is 8.63. The minimum absolute atomic E-state index is 0.0716. The van der Waals surface area contributed by atoms with Crippen LogP contribution in [0.25, 0.3) is 0 Å². The lowest BCUT2D eigenvalue weighted by Gasteiger charge is -2.31. The van der Waals surface area contributed by atoms with Crippen molar-refractivity contribution in [3.05, 3.63) is 59.5 Å². The van der Waals surface area contributed by atoms with E-state index in [2.05, 4.69) is 29.6 Å². The van der Waals surface area contributed by atoms with E-state index in [4.69, 9.17) is 4.42 Å². The zero-order valence-electron chi connectivity index (χ0n) is 16.2. The van der Waals surface area contributed by atoms with Gasteiger partial charge in [-0.15, -0.1) is 0 Å². The van der Waals surface area contributed by atoms with Crippen LogP contribution in [0.15, 0.2) is 47.3 Å². The molecule has 2 heterocycles. The fourth-order valence-corrected chi connectivity index (χ4v) is 3.87. The Kier molecular flexibility index (Phi) is 5.79. The number of amides is 2. The minimum Gasteiger partial charge on any atom is -0.472 e. The second-order valence-corrected chi connectivity index (χ2v) is 8.11. The summed E-state index contributed by atoms with van der Waals surface area (Å²) < 4.78 is 5.02. The van der Waals surface area contributed by atoms with Crippen LogP contribution in [0.1, 0.15) is 53.6 Å². The average Bonchev–Trinajstić information content (AvgIpc) is 3.36. The second-order valence-electron chi connectivity index (χ2n) is 8.11. The van der Waals surface area contributed by atoms with E-state index in [0.717, 1.165) is 51.6 Å². The lowest BCUT2D eigenvalue weighted by Crippen LogP contribution is -2.38. The number of piperidine rings is 1. The van der Waals surface area contributed by atoms with Crippen LogP contribution in [0.2, 0.25) is 0 Å². The summed E-state index contributed by atoms with van der Waals surface area (Å²) in [5, 5.41) is 3.04. The number of benzene rings is 1. The van der Waals surface area contributed by atoms with E-state index in [9.17, 15) is 9.59 Å². The number of carbonyl (C=O) groups excluding carboxylic acids is 2. The van der Waals surface area contributed by atoms with Gasteiger partial charge in [-0.05, 0) is 61.6 Å². The Balaban J connectivity index is 1.20. The third-order valence-electron chi connectivity index (χ3n) is 5.80. The Morgan fingerprint density at radius 3 is 2.36 bits per heavy atom.